The maximum Gasteiger partial charge on any atom is 0.314 e. The lowest BCUT2D eigenvalue weighted by atomic mass is 9.83. The summed E-state index contributed by atoms with van der Waals surface area (Å²) in [4.78, 5) is 35.9. The highest BCUT2D eigenvalue weighted by atomic mass is 16.4. The molecule has 5 N–H and O–H groups in total. The van der Waals surface area contributed by atoms with E-state index in [9.17, 15) is 19.5 Å². The van der Waals surface area contributed by atoms with E-state index >= 15 is 0 Å². The molecule has 6 nitrogen and oxygen atoms in total. The predicted molar refractivity (Wildman–Crippen MR) is 91.6 cm³/mol. The van der Waals surface area contributed by atoms with Crippen molar-refractivity contribution >= 4 is 17.7 Å². The van der Waals surface area contributed by atoms with Crippen LogP contribution in [0.15, 0.2) is 48.5 Å². The van der Waals surface area contributed by atoms with Gasteiger partial charge in [-0.1, -0.05) is 48.5 Å². The molecule has 0 spiro atoms. The van der Waals surface area contributed by atoms with E-state index in [0.717, 1.165) is 22.3 Å². The Kier molecular flexibility index (Phi) is 4.37. The first-order valence-electron chi connectivity index (χ1n) is 7.91. The number of carboxylic acids is 1. The zero-order valence-electron chi connectivity index (χ0n) is 13.4. The van der Waals surface area contributed by atoms with Crippen molar-refractivity contribution in [3.05, 3.63) is 59.7 Å². The molecule has 128 valence electrons. The topological polar surface area (TPSA) is 123 Å². The van der Waals surface area contributed by atoms with Crippen molar-refractivity contribution in [2.75, 3.05) is 0 Å². The number of carbonyl (C=O) groups excluding carboxylic acids is 2. The Labute approximate surface area is 144 Å². The van der Waals surface area contributed by atoms with Crippen LogP contribution >= 0.6 is 0 Å². The smallest absolute Gasteiger partial charge is 0.314 e. The first-order chi connectivity index (χ1) is 11.9. The van der Waals surface area contributed by atoms with Gasteiger partial charge in [0.15, 0.2) is 5.78 Å². The minimum absolute atomic E-state index is 0.315. The van der Waals surface area contributed by atoms with Gasteiger partial charge in [0.25, 0.3) is 0 Å². The third-order valence-electron chi connectivity index (χ3n) is 4.61. The molecular weight excluding hydrogens is 320 g/mol. The van der Waals surface area contributed by atoms with Crippen LogP contribution in [0.2, 0.25) is 0 Å². The molecule has 1 unspecified atom stereocenters. The number of fused-ring (bicyclic) bond motifs is 3. The average Bonchev–Trinajstić information content (AvgIpc) is 2.93. The molecule has 3 rings (SSSR count). The number of hydrogen-bond acceptors (Lipinski definition) is 4. The van der Waals surface area contributed by atoms with Gasteiger partial charge in [0.2, 0.25) is 5.91 Å². The number of benzene rings is 2. The number of primary amides is 1. The first-order valence-corrected chi connectivity index (χ1v) is 7.91. The summed E-state index contributed by atoms with van der Waals surface area (Å²) >= 11 is 0. The van der Waals surface area contributed by atoms with Gasteiger partial charge in [0, 0.05) is 0 Å². The zero-order chi connectivity index (χ0) is 18.1. The molecule has 25 heavy (non-hydrogen) atoms. The molecule has 0 aromatic heterocycles. The number of carbonyl (C=O) groups is 3. The van der Waals surface area contributed by atoms with Crippen molar-refractivity contribution in [3.8, 4) is 11.1 Å². The maximum absolute atomic E-state index is 13.1. The molecule has 1 amide bonds. The fraction of sp³-hybridized carbons (Fsp3) is 0.211. The van der Waals surface area contributed by atoms with Crippen LogP contribution in [0.4, 0.5) is 0 Å². The Bertz CT molecular complexity index is 817. The number of Topliss-reactive ketones (excluding diaryl/α,β-unsaturated/α-hetero) is 1. The number of ketones is 1. The van der Waals surface area contributed by atoms with E-state index in [0.29, 0.717) is 0 Å². The van der Waals surface area contributed by atoms with Gasteiger partial charge in [-0.15, -0.1) is 0 Å². The number of carboxylic acid groups (broad SMARTS) is 1. The Balaban J connectivity index is 2.03. The molecule has 2 atom stereocenters. The van der Waals surface area contributed by atoms with Gasteiger partial charge in [-0.3, -0.25) is 14.4 Å². The van der Waals surface area contributed by atoms with E-state index in [4.69, 9.17) is 11.5 Å². The summed E-state index contributed by atoms with van der Waals surface area (Å²) in [6, 6.07) is 13.7. The second kappa shape index (κ2) is 6.49. The van der Waals surface area contributed by atoms with Crippen LogP contribution in [0.1, 0.15) is 23.5 Å². The second-order valence-corrected chi connectivity index (χ2v) is 6.15. The Morgan fingerprint density at radius 2 is 1.44 bits per heavy atom. The lowest BCUT2D eigenvalue weighted by molar-refractivity contribution is -0.147. The predicted octanol–water partition coefficient (Wildman–Crippen LogP) is 1.27. The number of amides is 1. The fourth-order valence-corrected chi connectivity index (χ4v) is 3.37. The van der Waals surface area contributed by atoms with Gasteiger partial charge in [-0.25, -0.2) is 0 Å². The van der Waals surface area contributed by atoms with Crippen LogP contribution in [-0.4, -0.2) is 28.8 Å². The second-order valence-electron chi connectivity index (χ2n) is 6.15. The van der Waals surface area contributed by atoms with Crippen molar-refractivity contribution in [1.29, 1.82) is 0 Å². The van der Waals surface area contributed by atoms with Gasteiger partial charge >= 0.3 is 5.97 Å². The van der Waals surface area contributed by atoms with E-state index in [-0.39, 0.29) is 6.42 Å². The van der Waals surface area contributed by atoms with E-state index in [1.54, 1.807) is 0 Å². The summed E-state index contributed by atoms with van der Waals surface area (Å²) < 4.78 is 0. The summed E-state index contributed by atoms with van der Waals surface area (Å²) in [5.74, 6) is -4.70. The van der Waals surface area contributed by atoms with E-state index < -0.39 is 35.5 Å². The minimum atomic E-state index is -1.40. The minimum Gasteiger partial charge on any atom is -0.481 e. The van der Waals surface area contributed by atoms with Crippen LogP contribution in [-0.2, 0) is 14.4 Å². The maximum atomic E-state index is 13.1. The Morgan fingerprint density at radius 1 is 0.960 bits per heavy atom. The molecule has 0 aliphatic heterocycles. The van der Waals surface area contributed by atoms with Crippen molar-refractivity contribution in [2.24, 2.45) is 17.4 Å². The molecule has 0 radical (unpaired) electrons. The molecule has 1 aliphatic carbocycles. The van der Waals surface area contributed by atoms with Gasteiger partial charge in [-0.05, 0) is 28.7 Å². The lowest BCUT2D eigenvalue weighted by Gasteiger charge is -2.19. The SMILES string of the molecule is NC(=O)[C@@H](N)CC(C(=O)O)C(=O)C1c2ccccc2-c2ccccc21. The zero-order valence-corrected chi connectivity index (χ0v) is 13.4. The molecule has 0 saturated carbocycles. The van der Waals surface area contributed by atoms with Crippen LogP contribution in [0, 0.1) is 5.92 Å². The molecule has 0 bridgehead atoms. The fourth-order valence-electron chi connectivity index (χ4n) is 3.37. The highest BCUT2D eigenvalue weighted by molar-refractivity contribution is 6.07. The van der Waals surface area contributed by atoms with E-state index in [1.807, 2.05) is 48.5 Å². The quantitative estimate of drug-likeness (QED) is 0.684. The standard InChI is InChI=1S/C19H18N2O4/c20-15(18(21)23)9-14(19(24)25)17(22)16-12-7-3-1-5-10(12)11-6-2-4-8-13(11)16/h1-8,14-16H,9,20H2,(H2,21,23)(H,24,25)/t14?,15-/m0/s1. The normalized spacial score (nSPS) is 15.1. The van der Waals surface area contributed by atoms with Gasteiger partial charge in [0.05, 0.1) is 12.0 Å². The van der Waals surface area contributed by atoms with Crippen LogP contribution in [0.25, 0.3) is 11.1 Å². The lowest BCUT2D eigenvalue weighted by Crippen LogP contribution is -2.42. The first kappa shape index (κ1) is 16.9. The van der Waals surface area contributed by atoms with E-state index in [1.165, 1.54) is 0 Å². The molecule has 1 aliphatic rings. The molecule has 0 heterocycles. The number of nitrogens with two attached hydrogens (primary N) is 2. The summed E-state index contributed by atoms with van der Waals surface area (Å²) in [6.07, 6.45) is -0.315. The number of aliphatic carboxylic acids is 1. The van der Waals surface area contributed by atoms with Crippen LogP contribution in [0.5, 0.6) is 0 Å². The molecule has 6 heteroatoms. The molecule has 0 fully saturated rings. The van der Waals surface area contributed by atoms with Crippen molar-refractivity contribution in [1.82, 2.24) is 0 Å². The van der Waals surface area contributed by atoms with Crippen molar-refractivity contribution in [2.45, 2.75) is 18.4 Å². The number of hydrogen-bond donors (Lipinski definition) is 3. The van der Waals surface area contributed by atoms with Gasteiger partial charge in [0.1, 0.15) is 5.92 Å². The Hall–Kier alpha value is -2.99. The average molecular weight is 338 g/mol. The highest BCUT2D eigenvalue weighted by Gasteiger charge is 2.40. The van der Waals surface area contributed by atoms with Crippen molar-refractivity contribution < 1.29 is 19.5 Å². The summed E-state index contributed by atoms with van der Waals surface area (Å²) in [5, 5.41) is 9.50. The third kappa shape index (κ3) is 2.92. The van der Waals surface area contributed by atoms with E-state index in [2.05, 4.69) is 0 Å². The van der Waals surface area contributed by atoms with Crippen molar-refractivity contribution in [3.63, 3.8) is 0 Å². The molecule has 2 aromatic rings. The molecule has 2 aromatic carbocycles. The summed E-state index contributed by atoms with van der Waals surface area (Å²) in [5.41, 5.74) is 14.1. The van der Waals surface area contributed by atoms with Crippen LogP contribution < -0.4 is 11.5 Å². The summed E-state index contributed by atoms with van der Waals surface area (Å²) in [7, 11) is 0. The molecule has 0 saturated heterocycles. The largest absolute Gasteiger partial charge is 0.481 e. The third-order valence-corrected chi connectivity index (χ3v) is 4.61. The Morgan fingerprint density at radius 3 is 1.88 bits per heavy atom. The number of rotatable bonds is 6. The highest BCUT2D eigenvalue weighted by Crippen LogP contribution is 2.46. The molecular formula is C19H18N2O4. The monoisotopic (exact) mass is 338 g/mol. The van der Waals surface area contributed by atoms with Crippen LogP contribution in [0.3, 0.4) is 0 Å². The van der Waals surface area contributed by atoms with Gasteiger partial charge in [-0.2, -0.15) is 0 Å². The summed E-state index contributed by atoms with van der Waals surface area (Å²) in [6.45, 7) is 0. The van der Waals surface area contributed by atoms with Gasteiger partial charge < -0.3 is 16.6 Å².